The molecule has 1 N–H and O–H groups in total. The van der Waals surface area contributed by atoms with Crippen LogP contribution >= 0.6 is 0 Å². The fourth-order valence-electron chi connectivity index (χ4n) is 2.59. The molecule has 0 aromatic carbocycles. The maximum Gasteiger partial charge on any atom is 0.152 e. The molecular formula is C14H27N5. The number of likely N-dealkylation sites (N-methyl/N-ethyl adjacent to an activating group) is 2. The second-order valence-electron chi connectivity index (χ2n) is 5.68. The van der Waals surface area contributed by atoms with Crippen molar-refractivity contribution in [2.24, 2.45) is 13.0 Å². The number of hydrogen-bond acceptors (Lipinski definition) is 4. The largest absolute Gasteiger partial charge is 0.359 e. The highest BCUT2D eigenvalue weighted by Gasteiger charge is 2.19. The van der Waals surface area contributed by atoms with E-state index < -0.39 is 0 Å². The second-order valence-corrected chi connectivity index (χ2v) is 5.68. The van der Waals surface area contributed by atoms with Gasteiger partial charge in [-0.3, -0.25) is 4.68 Å². The highest BCUT2D eigenvalue weighted by Crippen LogP contribution is 2.25. The molecule has 1 fully saturated rings. The molecule has 0 saturated carbocycles. The van der Waals surface area contributed by atoms with Crippen molar-refractivity contribution < 1.29 is 0 Å². The molecule has 0 bridgehead atoms. The molecule has 0 amide bonds. The van der Waals surface area contributed by atoms with Gasteiger partial charge in [-0.05, 0) is 25.8 Å². The van der Waals surface area contributed by atoms with Crippen molar-refractivity contribution >= 4 is 11.6 Å². The van der Waals surface area contributed by atoms with Crippen molar-refractivity contribution in [2.45, 2.75) is 19.8 Å². The van der Waals surface area contributed by atoms with E-state index in [0.717, 1.165) is 37.9 Å². The van der Waals surface area contributed by atoms with Gasteiger partial charge in [0.25, 0.3) is 0 Å². The summed E-state index contributed by atoms with van der Waals surface area (Å²) < 4.78 is 1.99. The Kier molecular flexibility index (Phi) is 4.69. The average molecular weight is 265 g/mol. The first-order valence-corrected chi connectivity index (χ1v) is 7.26. The zero-order valence-electron chi connectivity index (χ0n) is 12.7. The SMILES string of the molecule is CNCCN(C)c1cc(N2CCC(C)CC2)nn1C. The minimum Gasteiger partial charge on any atom is -0.359 e. The molecule has 0 spiro atoms. The number of piperidine rings is 1. The number of nitrogens with zero attached hydrogens (tertiary/aromatic N) is 4. The van der Waals surface area contributed by atoms with E-state index in [1.54, 1.807) is 0 Å². The van der Waals surface area contributed by atoms with E-state index >= 15 is 0 Å². The van der Waals surface area contributed by atoms with Crippen LogP contribution in [0, 0.1) is 5.92 Å². The number of aromatic nitrogens is 2. The lowest BCUT2D eigenvalue weighted by Crippen LogP contribution is -2.33. The molecule has 0 unspecified atom stereocenters. The second kappa shape index (κ2) is 6.28. The van der Waals surface area contributed by atoms with Crippen LogP contribution in [0.5, 0.6) is 0 Å². The molecule has 108 valence electrons. The number of nitrogens with one attached hydrogen (secondary N) is 1. The van der Waals surface area contributed by atoms with Crippen LogP contribution in [0.1, 0.15) is 19.8 Å². The van der Waals surface area contributed by atoms with E-state index in [9.17, 15) is 0 Å². The third kappa shape index (κ3) is 3.41. The molecule has 5 heteroatoms. The quantitative estimate of drug-likeness (QED) is 0.871. The van der Waals surface area contributed by atoms with Crippen molar-refractivity contribution in [3.8, 4) is 0 Å². The number of anilines is 2. The van der Waals surface area contributed by atoms with Crippen LogP contribution in [0.3, 0.4) is 0 Å². The van der Waals surface area contributed by atoms with E-state index in [-0.39, 0.29) is 0 Å². The molecular weight excluding hydrogens is 238 g/mol. The van der Waals surface area contributed by atoms with Gasteiger partial charge in [0.2, 0.25) is 0 Å². The van der Waals surface area contributed by atoms with Crippen molar-refractivity contribution in [2.75, 3.05) is 50.1 Å². The summed E-state index contributed by atoms with van der Waals surface area (Å²) in [5.74, 6) is 3.17. The van der Waals surface area contributed by atoms with Crippen molar-refractivity contribution in [3.05, 3.63) is 6.07 Å². The maximum absolute atomic E-state index is 4.67. The van der Waals surface area contributed by atoms with Gasteiger partial charge in [0.05, 0.1) is 0 Å². The smallest absolute Gasteiger partial charge is 0.152 e. The monoisotopic (exact) mass is 265 g/mol. The Morgan fingerprint density at radius 3 is 2.74 bits per heavy atom. The standard InChI is InChI=1S/C14H27N5/c1-12-5-8-19(9-6-12)13-11-14(18(4)16-13)17(3)10-7-15-2/h11-12,15H,5-10H2,1-4H3. The Morgan fingerprint density at radius 2 is 2.11 bits per heavy atom. The van der Waals surface area contributed by atoms with Crippen LogP contribution in [0.4, 0.5) is 11.6 Å². The maximum atomic E-state index is 4.67. The number of aryl methyl sites for hydroxylation is 1. The summed E-state index contributed by atoms with van der Waals surface area (Å²) in [4.78, 5) is 4.66. The molecule has 1 aromatic rings. The Hall–Kier alpha value is -1.23. The zero-order chi connectivity index (χ0) is 13.8. The van der Waals surface area contributed by atoms with Gasteiger partial charge in [0, 0.05) is 46.3 Å². The Labute approximate surface area is 116 Å². The van der Waals surface area contributed by atoms with Gasteiger partial charge in [0.1, 0.15) is 5.82 Å². The molecule has 2 rings (SSSR count). The van der Waals surface area contributed by atoms with Crippen LogP contribution in [0.15, 0.2) is 6.07 Å². The average Bonchev–Trinajstić information content (AvgIpc) is 2.79. The molecule has 1 aliphatic heterocycles. The molecule has 0 atom stereocenters. The summed E-state index contributed by atoms with van der Waals surface area (Å²) in [5, 5.41) is 7.85. The van der Waals surface area contributed by atoms with Gasteiger partial charge in [0.15, 0.2) is 5.82 Å². The molecule has 0 radical (unpaired) electrons. The fourth-order valence-corrected chi connectivity index (χ4v) is 2.59. The minimum absolute atomic E-state index is 0.859. The molecule has 1 saturated heterocycles. The summed E-state index contributed by atoms with van der Waals surface area (Å²) in [5.41, 5.74) is 0. The first-order chi connectivity index (χ1) is 9.11. The third-order valence-electron chi connectivity index (χ3n) is 4.04. The zero-order valence-corrected chi connectivity index (χ0v) is 12.7. The predicted octanol–water partition coefficient (Wildman–Crippen LogP) is 1.31. The van der Waals surface area contributed by atoms with Crippen LogP contribution < -0.4 is 15.1 Å². The van der Waals surface area contributed by atoms with E-state index in [4.69, 9.17) is 0 Å². The molecule has 1 aliphatic rings. The summed E-state index contributed by atoms with van der Waals surface area (Å²) in [6, 6.07) is 2.21. The molecule has 2 heterocycles. The topological polar surface area (TPSA) is 36.3 Å². The lowest BCUT2D eigenvalue weighted by molar-refractivity contribution is 0.436. The van der Waals surface area contributed by atoms with Crippen molar-refractivity contribution in [1.82, 2.24) is 15.1 Å². The van der Waals surface area contributed by atoms with Gasteiger partial charge in [-0.25, -0.2) is 0 Å². The first-order valence-electron chi connectivity index (χ1n) is 7.26. The number of rotatable bonds is 5. The van der Waals surface area contributed by atoms with E-state index in [2.05, 4.69) is 40.3 Å². The lowest BCUT2D eigenvalue weighted by Gasteiger charge is -2.30. The molecule has 19 heavy (non-hydrogen) atoms. The van der Waals surface area contributed by atoms with E-state index in [1.807, 2.05) is 18.8 Å². The van der Waals surface area contributed by atoms with Crippen LogP contribution in [-0.4, -0.2) is 50.1 Å². The highest BCUT2D eigenvalue weighted by molar-refractivity contribution is 5.52. The number of hydrogen-bond donors (Lipinski definition) is 1. The summed E-state index contributed by atoms with van der Waals surface area (Å²) in [7, 11) is 6.13. The predicted molar refractivity (Wildman–Crippen MR) is 81.0 cm³/mol. The van der Waals surface area contributed by atoms with Gasteiger partial charge in [-0.1, -0.05) is 6.92 Å². The Bertz CT molecular complexity index is 393. The van der Waals surface area contributed by atoms with Crippen molar-refractivity contribution in [3.63, 3.8) is 0 Å². The summed E-state index contributed by atoms with van der Waals surface area (Å²) in [6.07, 6.45) is 2.56. The molecule has 5 nitrogen and oxygen atoms in total. The first kappa shape index (κ1) is 14.2. The van der Waals surface area contributed by atoms with E-state index in [0.29, 0.717) is 0 Å². The minimum atomic E-state index is 0.859. The Morgan fingerprint density at radius 1 is 1.42 bits per heavy atom. The van der Waals surface area contributed by atoms with Gasteiger partial charge >= 0.3 is 0 Å². The van der Waals surface area contributed by atoms with Crippen LogP contribution in [0.2, 0.25) is 0 Å². The normalized spacial score (nSPS) is 16.9. The molecule has 1 aromatic heterocycles. The highest BCUT2D eigenvalue weighted by atomic mass is 15.4. The third-order valence-corrected chi connectivity index (χ3v) is 4.04. The van der Waals surface area contributed by atoms with Gasteiger partial charge in [-0.15, -0.1) is 0 Å². The van der Waals surface area contributed by atoms with Gasteiger partial charge in [-0.2, -0.15) is 5.10 Å². The molecule has 0 aliphatic carbocycles. The van der Waals surface area contributed by atoms with E-state index in [1.165, 1.54) is 18.7 Å². The summed E-state index contributed by atoms with van der Waals surface area (Å²) >= 11 is 0. The van der Waals surface area contributed by atoms with Gasteiger partial charge < -0.3 is 15.1 Å². The van der Waals surface area contributed by atoms with Crippen LogP contribution in [-0.2, 0) is 7.05 Å². The fraction of sp³-hybridized carbons (Fsp3) is 0.786. The van der Waals surface area contributed by atoms with Crippen LogP contribution in [0.25, 0.3) is 0 Å². The lowest BCUT2D eigenvalue weighted by atomic mass is 9.99. The summed E-state index contributed by atoms with van der Waals surface area (Å²) in [6.45, 7) is 6.59. The van der Waals surface area contributed by atoms with Crippen molar-refractivity contribution in [1.29, 1.82) is 0 Å². The Balaban J connectivity index is 2.03.